The molecule has 1 aliphatic carbocycles. The van der Waals surface area contributed by atoms with Gasteiger partial charge in [-0.15, -0.1) is 11.3 Å². The van der Waals surface area contributed by atoms with E-state index in [0.717, 1.165) is 36.6 Å². The van der Waals surface area contributed by atoms with Gasteiger partial charge in [-0.2, -0.15) is 4.98 Å². The summed E-state index contributed by atoms with van der Waals surface area (Å²) in [6, 6.07) is 0. The molecule has 0 bridgehead atoms. The minimum absolute atomic E-state index is 0.237. The van der Waals surface area contributed by atoms with Gasteiger partial charge < -0.3 is 14.5 Å². The molecule has 6 nitrogen and oxygen atoms in total. The first-order valence-electron chi connectivity index (χ1n) is 10.4. The summed E-state index contributed by atoms with van der Waals surface area (Å²) in [6.07, 6.45) is 3.13. The lowest BCUT2D eigenvalue weighted by Gasteiger charge is -2.35. The Kier molecular flexibility index (Phi) is 5.64. The van der Waals surface area contributed by atoms with Crippen molar-refractivity contribution >= 4 is 45.1 Å². The first-order chi connectivity index (χ1) is 13.8. The van der Waals surface area contributed by atoms with Crippen LogP contribution in [0.25, 0.3) is 10.2 Å². The van der Waals surface area contributed by atoms with Gasteiger partial charge in [0.05, 0.1) is 12.0 Å². The van der Waals surface area contributed by atoms with Gasteiger partial charge in [-0.25, -0.2) is 9.78 Å². The van der Waals surface area contributed by atoms with E-state index in [-0.39, 0.29) is 6.09 Å². The summed E-state index contributed by atoms with van der Waals surface area (Å²) in [5, 5.41) is 1.47. The molecule has 4 rings (SSSR count). The molecule has 3 heterocycles. The van der Waals surface area contributed by atoms with Gasteiger partial charge in [0.25, 0.3) is 0 Å². The molecule has 2 aromatic rings. The van der Waals surface area contributed by atoms with Crippen LogP contribution in [0.15, 0.2) is 0 Å². The highest BCUT2D eigenvalue weighted by molar-refractivity contribution is 7.19. The Morgan fingerprint density at radius 3 is 2.62 bits per heavy atom. The number of halogens is 1. The lowest BCUT2D eigenvalue weighted by molar-refractivity contribution is 0.105. The largest absolute Gasteiger partial charge is 0.450 e. The summed E-state index contributed by atoms with van der Waals surface area (Å²) >= 11 is 8.08. The maximum absolute atomic E-state index is 12.0. The summed E-state index contributed by atoms with van der Waals surface area (Å²) < 4.78 is 5.13. The molecule has 0 aromatic carbocycles. The van der Waals surface area contributed by atoms with Crippen molar-refractivity contribution in [1.29, 1.82) is 0 Å². The third-order valence-electron chi connectivity index (χ3n) is 6.19. The highest BCUT2D eigenvalue weighted by Crippen LogP contribution is 2.45. The summed E-state index contributed by atoms with van der Waals surface area (Å²) in [4.78, 5) is 27.6. The number of thiophene rings is 1. The van der Waals surface area contributed by atoms with Gasteiger partial charge in [-0.05, 0) is 54.7 Å². The van der Waals surface area contributed by atoms with Crippen LogP contribution in [-0.4, -0.2) is 53.7 Å². The highest BCUT2D eigenvalue weighted by atomic mass is 35.5. The average molecular weight is 437 g/mol. The number of piperazine rings is 1. The standard InChI is InChI=1S/C21H29ClN4O2S/c1-5-28-20(27)26-10-8-25(9-11-26)17-16-14-7-6-13(21(2,3)4)12-15(14)29-18(16)24-19(22)23-17/h13H,5-12H2,1-4H3. The molecular weight excluding hydrogens is 408 g/mol. The minimum Gasteiger partial charge on any atom is -0.450 e. The Morgan fingerprint density at radius 2 is 1.97 bits per heavy atom. The van der Waals surface area contributed by atoms with Gasteiger partial charge in [0.1, 0.15) is 10.6 Å². The van der Waals surface area contributed by atoms with E-state index in [1.54, 1.807) is 16.2 Å². The first kappa shape index (κ1) is 20.7. The van der Waals surface area contributed by atoms with Gasteiger partial charge in [0, 0.05) is 31.1 Å². The van der Waals surface area contributed by atoms with E-state index in [2.05, 4.69) is 35.6 Å². The number of amides is 1. The molecule has 1 fully saturated rings. The van der Waals surface area contributed by atoms with Crippen molar-refractivity contribution < 1.29 is 9.53 Å². The monoisotopic (exact) mass is 436 g/mol. The van der Waals surface area contributed by atoms with Gasteiger partial charge in [0.2, 0.25) is 5.28 Å². The number of fused-ring (bicyclic) bond motifs is 3. The SMILES string of the molecule is CCOC(=O)N1CCN(c2nc(Cl)nc3sc4c(c23)CCC(C(C)(C)C)C4)CC1. The molecule has 0 saturated carbocycles. The predicted molar refractivity (Wildman–Crippen MR) is 118 cm³/mol. The van der Waals surface area contributed by atoms with Crippen molar-refractivity contribution in [2.45, 2.75) is 47.0 Å². The van der Waals surface area contributed by atoms with Crippen LogP contribution in [0.1, 0.15) is 44.6 Å². The number of rotatable bonds is 2. The van der Waals surface area contributed by atoms with Crippen LogP contribution in [0.3, 0.4) is 0 Å². The Bertz CT molecular complexity index is 916. The van der Waals surface area contributed by atoms with Crippen LogP contribution in [-0.2, 0) is 17.6 Å². The Balaban J connectivity index is 1.63. The van der Waals surface area contributed by atoms with E-state index in [1.807, 2.05) is 6.92 Å². The molecule has 158 valence electrons. The van der Waals surface area contributed by atoms with E-state index in [4.69, 9.17) is 16.3 Å². The zero-order valence-corrected chi connectivity index (χ0v) is 19.2. The van der Waals surface area contributed by atoms with Gasteiger partial charge in [-0.3, -0.25) is 0 Å². The molecule has 29 heavy (non-hydrogen) atoms. The summed E-state index contributed by atoms with van der Waals surface area (Å²) in [5.41, 5.74) is 1.72. The van der Waals surface area contributed by atoms with Crippen LogP contribution < -0.4 is 4.90 Å². The van der Waals surface area contributed by atoms with Crippen molar-refractivity contribution in [2.24, 2.45) is 11.3 Å². The van der Waals surface area contributed by atoms with Crippen molar-refractivity contribution in [1.82, 2.24) is 14.9 Å². The number of carbonyl (C=O) groups is 1. The normalized spacial score (nSPS) is 20.1. The van der Waals surface area contributed by atoms with Crippen LogP contribution in [0.4, 0.5) is 10.6 Å². The Hall–Kier alpha value is -1.60. The Labute approximate surface area is 181 Å². The molecule has 1 unspecified atom stereocenters. The predicted octanol–water partition coefficient (Wildman–Crippen LogP) is 4.77. The Morgan fingerprint density at radius 1 is 1.24 bits per heavy atom. The molecule has 0 N–H and O–H groups in total. The molecule has 1 saturated heterocycles. The van der Waals surface area contributed by atoms with Crippen LogP contribution in [0, 0.1) is 11.3 Å². The molecule has 0 radical (unpaired) electrons. The molecule has 1 aliphatic heterocycles. The molecular formula is C21H29ClN4O2S. The smallest absolute Gasteiger partial charge is 0.409 e. The number of hydrogen-bond donors (Lipinski definition) is 0. The van der Waals surface area contributed by atoms with Crippen molar-refractivity contribution in [2.75, 3.05) is 37.7 Å². The summed E-state index contributed by atoms with van der Waals surface area (Å²) in [7, 11) is 0. The fraction of sp³-hybridized carbons (Fsp3) is 0.667. The van der Waals surface area contributed by atoms with E-state index in [1.165, 1.54) is 22.2 Å². The molecule has 2 aliphatic rings. The zero-order valence-electron chi connectivity index (χ0n) is 17.6. The molecule has 8 heteroatoms. The van der Waals surface area contributed by atoms with E-state index in [0.29, 0.717) is 36.3 Å². The number of ether oxygens (including phenoxy) is 1. The topological polar surface area (TPSA) is 58.6 Å². The van der Waals surface area contributed by atoms with Crippen molar-refractivity contribution in [3.63, 3.8) is 0 Å². The molecule has 0 spiro atoms. The number of aromatic nitrogens is 2. The van der Waals surface area contributed by atoms with Crippen molar-refractivity contribution in [3.8, 4) is 0 Å². The molecule has 2 aromatic heterocycles. The van der Waals surface area contributed by atoms with Crippen LogP contribution in [0.5, 0.6) is 0 Å². The number of aryl methyl sites for hydroxylation is 1. The molecule has 1 amide bonds. The second-order valence-electron chi connectivity index (χ2n) is 8.98. The maximum atomic E-state index is 12.0. The number of carbonyl (C=O) groups excluding carboxylic acids is 1. The quantitative estimate of drug-likeness (QED) is 0.634. The van der Waals surface area contributed by atoms with Gasteiger partial charge in [0.15, 0.2) is 0 Å². The summed E-state index contributed by atoms with van der Waals surface area (Å²) in [5.74, 6) is 1.61. The number of hydrogen-bond acceptors (Lipinski definition) is 6. The number of nitrogens with zero attached hydrogens (tertiary/aromatic N) is 4. The van der Waals surface area contributed by atoms with Crippen molar-refractivity contribution in [3.05, 3.63) is 15.7 Å². The van der Waals surface area contributed by atoms with Gasteiger partial charge in [-0.1, -0.05) is 20.8 Å². The lowest BCUT2D eigenvalue weighted by Crippen LogP contribution is -2.49. The van der Waals surface area contributed by atoms with E-state index in [9.17, 15) is 4.79 Å². The zero-order chi connectivity index (χ0) is 20.8. The lowest BCUT2D eigenvalue weighted by atomic mass is 9.72. The summed E-state index contributed by atoms with van der Waals surface area (Å²) in [6.45, 7) is 11.9. The number of anilines is 1. The average Bonchev–Trinajstić information content (AvgIpc) is 3.04. The highest BCUT2D eigenvalue weighted by Gasteiger charge is 2.33. The van der Waals surface area contributed by atoms with Gasteiger partial charge >= 0.3 is 6.09 Å². The third-order valence-corrected chi connectivity index (χ3v) is 7.51. The minimum atomic E-state index is -0.237. The van der Waals surface area contributed by atoms with E-state index < -0.39 is 0 Å². The second kappa shape index (κ2) is 7.91. The fourth-order valence-electron chi connectivity index (χ4n) is 4.42. The van der Waals surface area contributed by atoms with E-state index >= 15 is 0 Å². The molecule has 1 atom stereocenters. The van der Waals surface area contributed by atoms with Crippen LogP contribution in [0.2, 0.25) is 5.28 Å². The fourth-order valence-corrected chi connectivity index (χ4v) is 5.93. The van der Waals surface area contributed by atoms with Crippen LogP contribution >= 0.6 is 22.9 Å². The third kappa shape index (κ3) is 4.04. The second-order valence-corrected chi connectivity index (χ2v) is 10.4. The first-order valence-corrected chi connectivity index (χ1v) is 11.6. The maximum Gasteiger partial charge on any atom is 0.409 e.